The number of rotatable bonds is 9. The second-order valence-corrected chi connectivity index (χ2v) is 7.44. The molecule has 0 aliphatic carbocycles. The van der Waals surface area contributed by atoms with Crippen molar-refractivity contribution < 1.29 is 23.8 Å². The van der Waals surface area contributed by atoms with E-state index in [4.69, 9.17) is 14.2 Å². The highest BCUT2D eigenvalue weighted by Crippen LogP contribution is 2.27. The number of hydrogen-bond acceptors (Lipinski definition) is 6. The molecule has 1 N–H and O–H groups in total. The van der Waals surface area contributed by atoms with Gasteiger partial charge in [-0.2, -0.15) is 5.10 Å². The number of amides is 1. The maximum absolute atomic E-state index is 12.8. The fourth-order valence-electron chi connectivity index (χ4n) is 3.38. The Labute approximate surface area is 202 Å². The minimum absolute atomic E-state index is 0.184. The van der Waals surface area contributed by atoms with E-state index in [0.717, 1.165) is 10.8 Å². The number of ether oxygens (including phenoxy) is 3. The number of hydrazone groups is 1. The van der Waals surface area contributed by atoms with Gasteiger partial charge in [0, 0.05) is 5.56 Å². The Bertz CT molecular complexity index is 1330. The van der Waals surface area contributed by atoms with Gasteiger partial charge in [-0.05, 0) is 60.2 Å². The predicted molar refractivity (Wildman–Crippen MR) is 134 cm³/mol. The van der Waals surface area contributed by atoms with Crippen molar-refractivity contribution in [3.05, 3.63) is 102 Å². The first-order valence-electron chi connectivity index (χ1n) is 11.1. The zero-order chi connectivity index (χ0) is 24.5. The largest absolute Gasteiger partial charge is 0.494 e. The molecule has 4 aromatic rings. The van der Waals surface area contributed by atoms with Crippen LogP contribution in [-0.4, -0.2) is 31.3 Å². The second kappa shape index (κ2) is 11.5. The standard InChI is InChI=1S/C28H24N2O5/c1-2-33-23-15-12-21(13-16-23)28(32)35-26-17-14-20-8-6-7-11-24(20)25(26)18-29-30-27(31)19-34-22-9-4-3-5-10-22/h3-18H,2,19H2,1H3,(H,30,31)/b29-18-. The van der Waals surface area contributed by atoms with Crippen LogP contribution in [0.4, 0.5) is 0 Å². The van der Waals surface area contributed by atoms with Crippen LogP contribution in [0.3, 0.4) is 0 Å². The molecular weight excluding hydrogens is 444 g/mol. The molecule has 0 aromatic heterocycles. The smallest absolute Gasteiger partial charge is 0.343 e. The summed E-state index contributed by atoms with van der Waals surface area (Å²) in [5, 5.41) is 5.83. The van der Waals surface area contributed by atoms with Crippen LogP contribution >= 0.6 is 0 Å². The topological polar surface area (TPSA) is 86.2 Å². The van der Waals surface area contributed by atoms with Crippen LogP contribution in [0.5, 0.6) is 17.2 Å². The van der Waals surface area contributed by atoms with E-state index in [9.17, 15) is 9.59 Å². The number of para-hydroxylation sites is 1. The first-order chi connectivity index (χ1) is 17.1. The highest BCUT2D eigenvalue weighted by atomic mass is 16.5. The first kappa shape index (κ1) is 23.5. The highest BCUT2D eigenvalue weighted by Gasteiger charge is 2.14. The Balaban J connectivity index is 1.50. The summed E-state index contributed by atoms with van der Waals surface area (Å²) in [7, 11) is 0. The third-order valence-electron chi connectivity index (χ3n) is 5.03. The van der Waals surface area contributed by atoms with Crippen molar-refractivity contribution in [2.24, 2.45) is 5.10 Å². The van der Waals surface area contributed by atoms with Gasteiger partial charge in [-0.25, -0.2) is 10.2 Å². The summed E-state index contributed by atoms with van der Waals surface area (Å²) in [6.45, 7) is 2.25. The van der Waals surface area contributed by atoms with E-state index in [1.165, 1.54) is 6.21 Å². The monoisotopic (exact) mass is 468 g/mol. The van der Waals surface area contributed by atoms with E-state index in [1.54, 1.807) is 42.5 Å². The molecule has 1 amide bonds. The fourth-order valence-corrected chi connectivity index (χ4v) is 3.38. The SMILES string of the molecule is CCOc1ccc(C(=O)Oc2ccc3ccccc3c2/C=N\NC(=O)COc2ccccc2)cc1. The molecule has 0 spiro atoms. The molecule has 7 heteroatoms. The number of hydrogen-bond donors (Lipinski definition) is 1. The molecule has 4 rings (SSSR count). The minimum Gasteiger partial charge on any atom is -0.494 e. The van der Waals surface area contributed by atoms with Crippen molar-refractivity contribution in [2.45, 2.75) is 6.92 Å². The molecule has 176 valence electrons. The molecule has 0 radical (unpaired) electrons. The average Bonchev–Trinajstić information content (AvgIpc) is 2.89. The molecule has 0 unspecified atom stereocenters. The zero-order valence-corrected chi connectivity index (χ0v) is 19.1. The molecule has 0 bridgehead atoms. The van der Waals surface area contributed by atoms with E-state index < -0.39 is 11.9 Å². The van der Waals surface area contributed by atoms with Gasteiger partial charge in [0.05, 0.1) is 18.4 Å². The molecule has 0 heterocycles. The molecule has 7 nitrogen and oxygen atoms in total. The van der Waals surface area contributed by atoms with Crippen LogP contribution in [0, 0.1) is 0 Å². The lowest BCUT2D eigenvalue weighted by Crippen LogP contribution is -2.24. The Morgan fingerprint density at radius 2 is 1.54 bits per heavy atom. The van der Waals surface area contributed by atoms with Crippen molar-refractivity contribution >= 4 is 28.9 Å². The summed E-state index contributed by atoms with van der Waals surface area (Å²) in [5.74, 6) is 0.649. The Hall–Kier alpha value is -4.65. The lowest BCUT2D eigenvalue weighted by Gasteiger charge is -2.11. The predicted octanol–water partition coefficient (Wildman–Crippen LogP) is 4.99. The molecule has 35 heavy (non-hydrogen) atoms. The van der Waals surface area contributed by atoms with Gasteiger partial charge in [0.25, 0.3) is 5.91 Å². The van der Waals surface area contributed by atoms with Crippen molar-refractivity contribution in [3.8, 4) is 17.2 Å². The highest BCUT2D eigenvalue weighted by molar-refractivity contribution is 6.04. The number of carbonyl (C=O) groups is 2. The van der Waals surface area contributed by atoms with Crippen LogP contribution in [0.15, 0.2) is 96.1 Å². The van der Waals surface area contributed by atoms with Gasteiger partial charge in [0.2, 0.25) is 0 Å². The average molecular weight is 469 g/mol. The molecule has 0 fully saturated rings. The van der Waals surface area contributed by atoms with E-state index in [2.05, 4.69) is 10.5 Å². The van der Waals surface area contributed by atoms with Crippen LogP contribution in [0.25, 0.3) is 10.8 Å². The number of nitrogens with zero attached hydrogens (tertiary/aromatic N) is 1. The maximum atomic E-state index is 12.8. The van der Waals surface area contributed by atoms with Crippen LogP contribution in [-0.2, 0) is 4.79 Å². The number of esters is 1. The second-order valence-electron chi connectivity index (χ2n) is 7.44. The number of fused-ring (bicyclic) bond motifs is 1. The van der Waals surface area contributed by atoms with Crippen molar-refractivity contribution in [3.63, 3.8) is 0 Å². The van der Waals surface area contributed by atoms with Crippen LogP contribution in [0.2, 0.25) is 0 Å². The quantitative estimate of drug-likeness (QED) is 0.162. The number of carbonyl (C=O) groups excluding carboxylic acids is 2. The summed E-state index contributed by atoms with van der Waals surface area (Å²) in [6.07, 6.45) is 1.46. The van der Waals surface area contributed by atoms with Gasteiger partial charge in [-0.15, -0.1) is 0 Å². The summed E-state index contributed by atoms with van der Waals surface area (Å²) < 4.78 is 16.5. The van der Waals surface area contributed by atoms with Crippen molar-refractivity contribution in [1.29, 1.82) is 0 Å². The van der Waals surface area contributed by atoms with E-state index in [1.807, 2.05) is 55.5 Å². The molecule has 0 atom stereocenters. The van der Waals surface area contributed by atoms with Crippen molar-refractivity contribution in [2.75, 3.05) is 13.2 Å². The summed E-state index contributed by atoms with van der Waals surface area (Å²) in [4.78, 5) is 24.9. The van der Waals surface area contributed by atoms with Gasteiger partial charge >= 0.3 is 5.97 Å². The van der Waals surface area contributed by atoms with Gasteiger partial charge in [0.1, 0.15) is 17.2 Å². The van der Waals surface area contributed by atoms with Crippen LogP contribution < -0.4 is 19.6 Å². The van der Waals surface area contributed by atoms with E-state index in [-0.39, 0.29) is 6.61 Å². The maximum Gasteiger partial charge on any atom is 0.343 e. The molecule has 0 aliphatic heterocycles. The molecular formula is C28H24N2O5. The van der Waals surface area contributed by atoms with E-state index >= 15 is 0 Å². The number of nitrogens with one attached hydrogen (secondary N) is 1. The third kappa shape index (κ3) is 6.23. The summed E-state index contributed by atoms with van der Waals surface area (Å²) in [5.41, 5.74) is 3.39. The fraction of sp³-hybridized carbons (Fsp3) is 0.107. The molecule has 0 saturated carbocycles. The van der Waals surface area contributed by atoms with Gasteiger partial charge in [-0.1, -0.05) is 48.5 Å². The van der Waals surface area contributed by atoms with Gasteiger partial charge in [0.15, 0.2) is 6.61 Å². The molecule has 0 saturated heterocycles. The normalized spacial score (nSPS) is 10.8. The minimum atomic E-state index is -0.515. The van der Waals surface area contributed by atoms with Crippen molar-refractivity contribution in [1.82, 2.24) is 5.43 Å². The Morgan fingerprint density at radius 3 is 2.31 bits per heavy atom. The summed E-state index contributed by atoms with van der Waals surface area (Å²) >= 11 is 0. The molecule has 4 aromatic carbocycles. The van der Waals surface area contributed by atoms with Gasteiger partial charge < -0.3 is 14.2 Å². The molecule has 0 aliphatic rings. The van der Waals surface area contributed by atoms with Crippen LogP contribution in [0.1, 0.15) is 22.8 Å². The lowest BCUT2D eigenvalue weighted by atomic mass is 10.0. The zero-order valence-electron chi connectivity index (χ0n) is 19.1. The third-order valence-corrected chi connectivity index (χ3v) is 5.03. The lowest BCUT2D eigenvalue weighted by molar-refractivity contribution is -0.123. The van der Waals surface area contributed by atoms with E-state index in [0.29, 0.717) is 35.0 Å². The first-order valence-corrected chi connectivity index (χ1v) is 11.1. The Morgan fingerprint density at radius 1 is 0.829 bits per heavy atom. The summed E-state index contributed by atoms with van der Waals surface area (Å²) in [6, 6.07) is 27.0. The van der Waals surface area contributed by atoms with Gasteiger partial charge in [-0.3, -0.25) is 4.79 Å². The number of benzene rings is 4. The Kier molecular flexibility index (Phi) is 7.70.